The van der Waals surface area contributed by atoms with Gasteiger partial charge in [-0.15, -0.1) is 4.91 Å². The summed E-state index contributed by atoms with van der Waals surface area (Å²) < 4.78 is 2.35. The van der Waals surface area contributed by atoms with Gasteiger partial charge in [0, 0.05) is 48.0 Å². The zero-order valence-corrected chi connectivity index (χ0v) is 23.1. The summed E-state index contributed by atoms with van der Waals surface area (Å²) in [7, 11) is 0. The topological polar surface area (TPSA) is 57.9 Å². The molecule has 7 heteroatoms. The van der Waals surface area contributed by atoms with Crippen LogP contribution in [0.1, 0.15) is 78.8 Å². The molecule has 200 valence electrons. The predicted octanol–water partition coefficient (Wildman–Crippen LogP) is 7.53. The number of benzene rings is 2. The number of nitrogens with zero attached hydrogens (tertiary/aromatic N) is 4. The molecule has 2 aliphatic heterocycles. The van der Waals surface area contributed by atoms with Crippen molar-refractivity contribution >= 4 is 34.1 Å². The summed E-state index contributed by atoms with van der Waals surface area (Å²) in [6, 6.07) is 10.5. The zero-order chi connectivity index (χ0) is 26.2. The molecule has 2 aromatic carbocycles. The molecule has 6 rings (SSSR count). The first-order chi connectivity index (χ1) is 18.6. The molecular weight excluding hydrogens is 496 g/mol. The molecular formula is C31H37ClN4O2. The van der Waals surface area contributed by atoms with Crippen LogP contribution in [0, 0.1) is 11.8 Å². The molecule has 0 atom stereocenters. The van der Waals surface area contributed by atoms with E-state index >= 15 is 0 Å². The lowest BCUT2D eigenvalue weighted by atomic mass is 9.81. The number of carbonyl (C=O) groups is 1. The maximum Gasteiger partial charge on any atom is 0.318 e. The van der Waals surface area contributed by atoms with Crippen molar-refractivity contribution in [1.29, 1.82) is 0 Å². The van der Waals surface area contributed by atoms with Gasteiger partial charge in [0.25, 0.3) is 0 Å². The molecule has 1 aliphatic carbocycles. The highest BCUT2D eigenvalue weighted by atomic mass is 35.5. The number of carbonyl (C=O) groups excluding carboxylic acids is 1. The summed E-state index contributed by atoms with van der Waals surface area (Å²) in [5.41, 5.74) is 7.48. The molecule has 0 N–H and O–H groups in total. The molecule has 0 radical (unpaired) electrons. The minimum Gasteiger partial charge on any atom is -0.368 e. The molecule has 1 saturated carbocycles. The van der Waals surface area contributed by atoms with Gasteiger partial charge in [0.2, 0.25) is 0 Å². The average Bonchev–Trinajstić information content (AvgIpc) is 3.20. The van der Waals surface area contributed by atoms with E-state index in [9.17, 15) is 9.70 Å². The van der Waals surface area contributed by atoms with Crippen LogP contribution < -0.4 is 4.90 Å². The van der Waals surface area contributed by atoms with Crippen molar-refractivity contribution in [3.05, 3.63) is 57.0 Å². The van der Waals surface area contributed by atoms with E-state index in [0.717, 1.165) is 37.1 Å². The van der Waals surface area contributed by atoms with Crippen molar-refractivity contribution in [2.75, 3.05) is 37.6 Å². The Labute approximate surface area is 229 Å². The van der Waals surface area contributed by atoms with Crippen LogP contribution in [0.25, 0.3) is 22.2 Å². The fraction of sp³-hybridized carbons (Fsp3) is 0.516. The lowest BCUT2D eigenvalue weighted by molar-refractivity contribution is 0.100. The van der Waals surface area contributed by atoms with E-state index < -0.39 is 5.91 Å². The summed E-state index contributed by atoms with van der Waals surface area (Å²) in [6.07, 6.45) is 10.0. The number of aryl methyl sites for hydroxylation is 1. The Kier molecular flexibility index (Phi) is 7.28. The first-order valence-corrected chi connectivity index (χ1v) is 14.7. The number of likely N-dealkylation sites (tertiary alicyclic amines) is 1. The summed E-state index contributed by atoms with van der Waals surface area (Å²) in [6.45, 7) is 8.27. The van der Waals surface area contributed by atoms with Crippen LogP contribution in [-0.2, 0) is 6.54 Å². The highest BCUT2D eigenvalue weighted by molar-refractivity contribution is 6.38. The van der Waals surface area contributed by atoms with Gasteiger partial charge in [0.15, 0.2) is 0 Å². The second kappa shape index (κ2) is 10.8. The summed E-state index contributed by atoms with van der Waals surface area (Å²) in [4.78, 5) is 28.7. The van der Waals surface area contributed by atoms with Crippen molar-refractivity contribution in [3.63, 3.8) is 0 Å². The molecule has 0 unspecified atom stereocenters. The SMILES string of the molecule is Cc1ccc2c(c1)N(CCN1CCCCC1)CCn1c-2c(C2CCCCC2)c2ccc(C(=O)N=O)c(Cl)c21. The van der Waals surface area contributed by atoms with Crippen LogP contribution in [0.5, 0.6) is 0 Å². The Morgan fingerprint density at radius 2 is 1.71 bits per heavy atom. The smallest absolute Gasteiger partial charge is 0.318 e. The number of hydrogen-bond donors (Lipinski definition) is 0. The van der Waals surface area contributed by atoms with E-state index in [4.69, 9.17) is 11.6 Å². The molecule has 1 amide bonds. The van der Waals surface area contributed by atoms with Gasteiger partial charge in [0.05, 0.1) is 21.8 Å². The van der Waals surface area contributed by atoms with Gasteiger partial charge in [0.1, 0.15) is 0 Å². The molecule has 1 saturated heterocycles. The first kappa shape index (κ1) is 25.6. The maximum absolute atomic E-state index is 12.4. The van der Waals surface area contributed by atoms with E-state index in [1.165, 1.54) is 92.5 Å². The van der Waals surface area contributed by atoms with E-state index in [1.54, 1.807) is 6.07 Å². The van der Waals surface area contributed by atoms with Gasteiger partial charge in [-0.25, -0.2) is 0 Å². The van der Waals surface area contributed by atoms with Crippen LogP contribution in [0.2, 0.25) is 5.02 Å². The number of nitroso groups, excluding NO2 is 1. The van der Waals surface area contributed by atoms with Crippen LogP contribution in [0.4, 0.5) is 5.69 Å². The number of hydrogen-bond acceptors (Lipinski definition) is 4. The molecule has 6 nitrogen and oxygen atoms in total. The van der Waals surface area contributed by atoms with E-state index in [0.29, 0.717) is 10.9 Å². The average molecular weight is 533 g/mol. The number of fused-ring (bicyclic) bond motifs is 5. The molecule has 38 heavy (non-hydrogen) atoms. The summed E-state index contributed by atoms with van der Waals surface area (Å²) in [5.74, 6) is -0.349. The third kappa shape index (κ3) is 4.56. The Hall–Kier alpha value is -2.70. The Bertz CT molecular complexity index is 1370. The number of rotatable bonds is 5. The molecule has 2 fully saturated rings. The first-order valence-electron chi connectivity index (χ1n) is 14.4. The fourth-order valence-electron chi connectivity index (χ4n) is 7.09. The van der Waals surface area contributed by atoms with Gasteiger partial charge in [-0.2, -0.15) is 0 Å². The molecule has 0 spiro atoms. The van der Waals surface area contributed by atoms with Crippen molar-refractivity contribution in [2.45, 2.75) is 70.8 Å². The second-order valence-corrected chi connectivity index (χ2v) is 11.8. The van der Waals surface area contributed by atoms with Crippen LogP contribution in [0.3, 0.4) is 0 Å². The molecule has 3 aromatic rings. The molecule has 0 bridgehead atoms. The lowest BCUT2D eigenvalue weighted by Crippen LogP contribution is -2.38. The third-order valence-corrected chi connectivity index (χ3v) is 9.39. The highest BCUT2D eigenvalue weighted by Gasteiger charge is 2.32. The molecule has 1 aromatic heterocycles. The Balaban J connectivity index is 1.52. The number of amides is 1. The quantitative estimate of drug-likeness (QED) is 0.319. The Morgan fingerprint density at radius 3 is 2.47 bits per heavy atom. The van der Waals surface area contributed by atoms with Crippen molar-refractivity contribution in [1.82, 2.24) is 9.47 Å². The fourth-order valence-corrected chi connectivity index (χ4v) is 7.43. The van der Waals surface area contributed by atoms with Crippen molar-refractivity contribution < 1.29 is 4.79 Å². The van der Waals surface area contributed by atoms with Crippen LogP contribution in [-0.4, -0.2) is 48.1 Å². The van der Waals surface area contributed by atoms with Gasteiger partial charge in [-0.3, -0.25) is 4.79 Å². The highest BCUT2D eigenvalue weighted by Crippen LogP contribution is 2.49. The second-order valence-electron chi connectivity index (χ2n) is 11.4. The number of anilines is 1. The van der Waals surface area contributed by atoms with E-state index in [1.807, 2.05) is 6.07 Å². The van der Waals surface area contributed by atoms with Crippen LogP contribution >= 0.6 is 11.6 Å². The third-order valence-electron chi connectivity index (χ3n) is 9.01. The van der Waals surface area contributed by atoms with Gasteiger partial charge >= 0.3 is 5.91 Å². The minimum atomic E-state index is -0.806. The minimum absolute atomic E-state index is 0.194. The molecule has 3 heterocycles. The normalized spacial score (nSPS) is 18.7. The molecule has 3 aliphatic rings. The standard InChI is InChI=1S/C31H37ClN4O2/c1-21-10-11-23-26(20-21)35(17-16-34-14-6-3-7-15-34)18-19-36-29(23)27(22-8-4-2-5-9-22)24-12-13-25(31(37)33-38)28(32)30(24)36/h10-13,20,22H,2-9,14-19H2,1H3. The maximum atomic E-state index is 12.4. The summed E-state index contributed by atoms with van der Waals surface area (Å²) >= 11 is 6.95. The monoisotopic (exact) mass is 532 g/mol. The van der Waals surface area contributed by atoms with Gasteiger partial charge < -0.3 is 14.4 Å². The number of halogens is 1. The number of aromatic nitrogens is 1. The predicted molar refractivity (Wildman–Crippen MR) is 156 cm³/mol. The van der Waals surface area contributed by atoms with Crippen molar-refractivity contribution in [3.8, 4) is 11.3 Å². The van der Waals surface area contributed by atoms with E-state index in [-0.39, 0.29) is 5.56 Å². The van der Waals surface area contributed by atoms with E-state index in [2.05, 4.69) is 44.7 Å². The van der Waals surface area contributed by atoms with Crippen molar-refractivity contribution in [2.24, 2.45) is 5.18 Å². The zero-order valence-electron chi connectivity index (χ0n) is 22.3. The Morgan fingerprint density at radius 1 is 0.947 bits per heavy atom. The number of piperidine rings is 1. The van der Waals surface area contributed by atoms with Crippen LogP contribution in [0.15, 0.2) is 35.5 Å². The lowest BCUT2D eigenvalue weighted by Gasteiger charge is -2.31. The largest absolute Gasteiger partial charge is 0.368 e. The summed E-state index contributed by atoms with van der Waals surface area (Å²) in [5, 5.41) is 4.16. The van der Waals surface area contributed by atoms with Gasteiger partial charge in [-0.1, -0.05) is 55.5 Å². The van der Waals surface area contributed by atoms with Gasteiger partial charge in [-0.05, 0) is 74.9 Å².